The summed E-state index contributed by atoms with van der Waals surface area (Å²) in [6.45, 7) is 2.97. The molecule has 0 saturated carbocycles. The Labute approximate surface area is 124 Å². The third-order valence-corrected chi connectivity index (χ3v) is 4.21. The summed E-state index contributed by atoms with van der Waals surface area (Å²) in [5.41, 5.74) is 3.76. The van der Waals surface area contributed by atoms with Gasteiger partial charge in [-0.1, -0.05) is 34.1 Å². The van der Waals surface area contributed by atoms with Crippen molar-refractivity contribution in [1.82, 2.24) is 0 Å². The molecule has 0 atom stereocenters. The smallest absolute Gasteiger partial charge is 0.0401 e. The van der Waals surface area contributed by atoms with Crippen LogP contribution >= 0.6 is 38.5 Å². The number of hydrogen-bond donors (Lipinski definition) is 1. The van der Waals surface area contributed by atoms with E-state index in [-0.39, 0.29) is 0 Å². The molecule has 88 valence electrons. The summed E-state index contributed by atoms with van der Waals surface area (Å²) >= 11 is 5.84. The highest BCUT2D eigenvalue weighted by molar-refractivity contribution is 14.1. The number of halogens is 2. The molecule has 0 heterocycles. The van der Waals surface area contributed by atoms with Gasteiger partial charge in [-0.25, -0.2) is 0 Å². The highest BCUT2D eigenvalue weighted by atomic mass is 127. The molecule has 2 aromatic carbocycles. The van der Waals surface area contributed by atoms with Crippen LogP contribution in [0.5, 0.6) is 0 Å². The fourth-order valence-electron chi connectivity index (χ4n) is 1.55. The topological polar surface area (TPSA) is 12.0 Å². The van der Waals surface area contributed by atoms with Crippen LogP contribution in [0.25, 0.3) is 0 Å². The molecule has 0 aliphatic heterocycles. The van der Waals surface area contributed by atoms with Crippen LogP contribution in [-0.4, -0.2) is 0 Å². The second-order valence-electron chi connectivity index (χ2n) is 3.95. The molecule has 0 spiro atoms. The molecule has 0 saturated heterocycles. The molecule has 3 heteroatoms. The number of anilines is 1. The minimum absolute atomic E-state index is 0.846. The van der Waals surface area contributed by atoms with Gasteiger partial charge >= 0.3 is 0 Å². The van der Waals surface area contributed by atoms with Gasteiger partial charge in [-0.05, 0) is 64.9 Å². The van der Waals surface area contributed by atoms with E-state index in [1.165, 1.54) is 20.4 Å². The quantitative estimate of drug-likeness (QED) is 0.715. The lowest BCUT2D eigenvalue weighted by Crippen LogP contribution is -1.99. The zero-order valence-electron chi connectivity index (χ0n) is 9.50. The minimum Gasteiger partial charge on any atom is -0.381 e. The Hall–Kier alpha value is -0.550. The summed E-state index contributed by atoms with van der Waals surface area (Å²) in [6.07, 6.45) is 0. The molecule has 0 radical (unpaired) electrons. The molecule has 0 aromatic heterocycles. The van der Waals surface area contributed by atoms with Crippen molar-refractivity contribution in [3.63, 3.8) is 0 Å². The molecular formula is C14H13BrIN. The van der Waals surface area contributed by atoms with Crippen molar-refractivity contribution in [2.24, 2.45) is 0 Å². The maximum Gasteiger partial charge on any atom is 0.0401 e. The molecule has 2 rings (SSSR count). The zero-order valence-corrected chi connectivity index (χ0v) is 13.2. The highest BCUT2D eigenvalue weighted by Gasteiger charge is 1.98. The molecule has 1 nitrogen and oxygen atoms in total. The first-order chi connectivity index (χ1) is 8.15. The molecule has 0 amide bonds. The Bertz CT molecular complexity index is 525. The lowest BCUT2D eigenvalue weighted by molar-refractivity contribution is 1.14. The van der Waals surface area contributed by atoms with Gasteiger partial charge in [0.25, 0.3) is 0 Å². The molecule has 0 bridgehead atoms. The van der Waals surface area contributed by atoms with Crippen LogP contribution in [-0.2, 0) is 6.54 Å². The van der Waals surface area contributed by atoms with Crippen molar-refractivity contribution in [3.05, 3.63) is 61.6 Å². The Morgan fingerprint density at radius 2 is 2.00 bits per heavy atom. The van der Waals surface area contributed by atoms with Gasteiger partial charge in [0, 0.05) is 20.3 Å². The van der Waals surface area contributed by atoms with Crippen LogP contribution in [0.15, 0.2) is 46.9 Å². The molecule has 0 fully saturated rings. The third-order valence-electron chi connectivity index (χ3n) is 2.56. The van der Waals surface area contributed by atoms with Crippen molar-refractivity contribution in [1.29, 1.82) is 0 Å². The fraction of sp³-hybridized carbons (Fsp3) is 0.143. The van der Waals surface area contributed by atoms with Crippen molar-refractivity contribution in [2.75, 3.05) is 5.32 Å². The van der Waals surface area contributed by atoms with Gasteiger partial charge in [0.2, 0.25) is 0 Å². The maximum absolute atomic E-state index is 3.48. The van der Waals surface area contributed by atoms with E-state index in [1.807, 2.05) is 6.07 Å². The van der Waals surface area contributed by atoms with Crippen molar-refractivity contribution >= 4 is 44.2 Å². The number of aryl methyl sites for hydroxylation is 1. The average Bonchev–Trinajstić information content (AvgIpc) is 2.31. The van der Waals surface area contributed by atoms with Gasteiger partial charge in [-0.2, -0.15) is 0 Å². The van der Waals surface area contributed by atoms with Gasteiger partial charge in [0.15, 0.2) is 0 Å². The summed E-state index contributed by atoms with van der Waals surface area (Å²) in [5, 5.41) is 3.43. The summed E-state index contributed by atoms with van der Waals surface area (Å²) in [7, 11) is 0. The van der Waals surface area contributed by atoms with Gasteiger partial charge in [-0.15, -0.1) is 0 Å². The number of hydrogen-bond acceptors (Lipinski definition) is 1. The van der Waals surface area contributed by atoms with E-state index in [0.717, 1.165) is 11.0 Å². The SMILES string of the molecule is Cc1ccc(NCc2cccc(Br)c2)cc1I. The van der Waals surface area contributed by atoms with E-state index in [2.05, 4.69) is 87.2 Å². The first-order valence-electron chi connectivity index (χ1n) is 5.39. The molecular weight excluding hydrogens is 389 g/mol. The molecule has 17 heavy (non-hydrogen) atoms. The average molecular weight is 402 g/mol. The van der Waals surface area contributed by atoms with Gasteiger partial charge in [-0.3, -0.25) is 0 Å². The van der Waals surface area contributed by atoms with Gasteiger partial charge in [0.05, 0.1) is 0 Å². The van der Waals surface area contributed by atoms with Crippen LogP contribution in [0.1, 0.15) is 11.1 Å². The van der Waals surface area contributed by atoms with E-state index in [9.17, 15) is 0 Å². The van der Waals surface area contributed by atoms with Gasteiger partial charge < -0.3 is 5.32 Å². The molecule has 0 aliphatic carbocycles. The molecule has 0 aliphatic rings. The van der Waals surface area contributed by atoms with Gasteiger partial charge in [0.1, 0.15) is 0 Å². The standard InChI is InChI=1S/C14H13BrIN/c1-10-5-6-13(8-14(10)16)17-9-11-3-2-4-12(15)7-11/h2-8,17H,9H2,1H3. The third kappa shape index (κ3) is 3.71. The predicted octanol–water partition coefficient (Wildman–Crippen LogP) is 4.97. The summed E-state index contributed by atoms with van der Waals surface area (Å²) in [4.78, 5) is 0. The number of rotatable bonds is 3. The van der Waals surface area contributed by atoms with E-state index in [4.69, 9.17) is 0 Å². The summed E-state index contributed by atoms with van der Waals surface area (Å²) in [5.74, 6) is 0. The van der Waals surface area contributed by atoms with Crippen molar-refractivity contribution in [3.8, 4) is 0 Å². The first-order valence-corrected chi connectivity index (χ1v) is 7.27. The molecule has 1 N–H and O–H groups in total. The maximum atomic E-state index is 3.48. The van der Waals surface area contributed by atoms with Crippen LogP contribution in [0.3, 0.4) is 0 Å². The second kappa shape index (κ2) is 5.87. The highest BCUT2D eigenvalue weighted by Crippen LogP contribution is 2.18. The van der Waals surface area contributed by atoms with Crippen LogP contribution in [0, 0.1) is 10.5 Å². The summed E-state index contributed by atoms with van der Waals surface area (Å²) < 4.78 is 2.41. The number of benzene rings is 2. The number of nitrogens with one attached hydrogen (secondary N) is 1. The minimum atomic E-state index is 0.846. The fourth-order valence-corrected chi connectivity index (χ4v) is 2.52. The van der Waals surface area contributed by atoms with E-state index in [1.54, 1.807) is 0 Å². The second-order valence-corrected chi connectivity index (χ2v) is 6.03. The Kier molecular flexibility index (Phi) is 4.45. The van der Waals surface area contributed by atoms with E-state index in [0.29, 0.717) is 0 Å². The normalized spacial score (nSPS) is 10.3. The van der Waals surface area contributed by atoms with E-state index < -0.39 is 0 Å². The molecule has 2 aromatic rings. The van der Waals surface area contributed by atoms with E-state index >= 15 is 0 Å². The Balaban J connectivity index is 2.05. The van der Waals surface area contributed by atoms with Crippen LogP contribution in [0.4, 0.5) is 5.69 Å². The van der Waals surface area contributed by atoms with Crippen molar-refractivity contribution in [2.45, 2.75) is 13.5 Å². The lowest BCUT2D eigenvalue weighted by atomic mass is 10.2. The lowest BCUT2D eigenvalue weighted by Gasteiger charge is -2.08. The first kappa shape index (κ1) is 12.9. The van der Waals surface area contributed by atoms with Crippen LogP contribution < -0.4 is 5.32 Å². The van der Waals surface area contributed by atoms with Crippen molar-refractivity contribution < 1.29 is 0 Å². The zero-order chi connectivity index (χ0) is 12.3. The Morgan fingerprint density at radius 3 is 2.71 bits per heavy atom. The largest absolute Gasteiger partial charge is 0.381 e. The predicted molar refractivity (Wildman–Crippen MR) is 85.4 cm³/mol. The molecule has 0 unspecified atom stereocenters. The Morgan fingerprint density at radius 1 is 1.18 bits per heavy atom. The van der Waals surface area contributed by atoms with Crippen LogP contribution in [0.2, 0.25) is 0 Å². The monoisotopic (exact) mass is 401 g/mol. The summed E-state index contributed by atoms with van der Waals surface area (Å²) in [6, 6.07) is 14.8.